The van der Waals surface area contributed by atoms with Crippen molar-refractivity contribution in [1.82, 2.24) is 0 Å². The van der Waals surface area contributed by atoms with Crippen molar-refractivity contribution in [1.29, 1.82) is 0 Å². The number of hydrogen-bond donors (Lipinski definition) is 1. The van der Waals surface area contributed by atoms with E-state index in [1.165, 1.54) is 11.1 Å². The minimum absolute atomic E-state index is 0.238. The minimum Gasteiger partial charge on any atom is -0.396 e. The molecule has 0 aliphatic rings. The molecule has 0 aliphatic heterocycles. The van der Waals surface area contributed by atoms with Crippen LogP contribution in [0, 0.1) is 18.8 Å². The fraction of sp³-hybridized carbons (Fsp3) is 0.647. The second-order valence-corrected chi connectivity index (χ2v) is 5.76. The lowest BCUT2D eigenvalue weighted by atomic mass is 9.94. The molecule has 0 saturated heterocycles. The highest BCUT2D eigenvalue weighted by Gasteiger charge is 2.10. The van der Waals surface area contributed by atoms with Gasteiger partial charge in [-0.2, -0.15) is 0 Å². The fourth-order valence-corrected chi connectivity index (χ4v) is 2.08. The molecule has 0 bridgehead atoms. The lowest BCUT2D eigenvalue weighted by Gasteiger charge is -2.16. The van der Waals surface area contributed by atoms with Crippen LogP contribution in [0.3, 0.4) is 0 Å². The van der Waals surface area contributed by atoms with Crippen molar-refractivity contribution in [3.63, 3.8) is 0 Å². The highest BCUT2D eigenvalue weighted by atomic mass is 16.5. The van der Waals surface area contributed by atoms with Crippen molar-refractivity contribution in [2.75, 3.05) is 19.8 Å². The molecule has 2 heteroatoms. The molecule has 0 saturated carbocycles. The van der Waals surface area contributed by atoms with E-state index in [-0.39, 0.29) is 6.61 Å². The predicted octanol–water partition coefficient (Wildman–Crippen LogP) is 3.60. The average Bonchev–Trinajstić information content (AvgIpc) is 2.39. The van der Waals surface area contributed by atoms with E-state index in [0.717, 1.165) is 32.5 Å². The van der Waals surface area contributed by atoms with Crippen LogP contribution in [0.5, 0.6) is 0 Å². The third kappa shape index (κ3) is 6.74. The highest BCUT2D eigenvalue weighted by Crippen LogP contribution is 2.15. The maximum Gasteiger partial charge on any atom is 0.0469 e. The first-order valence-corrected chi connectivity index (χ1v) is 7.36. The predicted molar refractivity (Wildman–Crippen MR) is 80.3 cm³/mol. The van der Waals surface area contributed by atoms with Crippen molar-refractivity contribution >= 4 is 0 Å². The van der Waals surface area contributed by atoms with Crippen LogP contribution in [0.15, 0.2) is 24.3 Å². The molecule has 1 atom stereocenters. The smallest absolute Gasteiger partial charge is 0.0469 e. The molecule has 0 fully saturated rings. The molecule has 19 heavy (non-hydrogen) atoms. The first kappa shape index (κ1) is 16.2. The standard InChI is InChI=1S/C17H28O2/c1-14(2)8-10-19-11-9-16(13-18)12-17-7-5-4-6-15(17)3/h4-7,14,16,18H,8-13H2,1-3H3. The maximum atomic E-state index is 9.47. The summed E-state index contributed by atoms with van der Waals surface area (Å²) in [5, 5.41) is 9.47. The molecule has 0 aliphatic carbocycles. The first-order chi connectivity index (χ1) is 9.13. The van der Waals surface area contributed by atoms with Gasteiger partial charge in [0.2, 0.25) is 0 Å². The normalized spacial score (nSPS) is 12.9. The number of benzene rings is 1. The Bertz CT molecular complexity index is 347. The largest absolute Gasteiger partial charge is 0.396 e. The van der Waals surface area contributed by atoms with Crippen molar-refractivity contribution in [3.8, 4) is 0 Å². The van der Waals surface area contributed by atoms with Crippen LogP contribution in [0.4, 0.5) is 0 Å². The Morgan fingerprint density at radius 2 is 1.79 bits per heavy atom. The zero-order chi connectivity index (χ0) is 14.1. The Kier molecular flexibility index (Phi) is 7.76. The van der Waals surface area contributed by atoms with Gasteiger partial charge in [-0.25, -0.2) is 0 Å². The van der Waals surface area contributed by atoms with Crippen LogP contribution < -0.4 is 0 Å². The molecule has 0 amide bonds. The van der Waals surface area contributed by atoms with E-state index in [0.29, 0.717) is 11.8 Å². The van der Waals surface area contributed by atoms with Gasteiger partial charge < -0.3 is 9.84 Å². The number of rotatable bonds is 9. The second-order valence-electron chi connectivity index (χ2n) is 5.76. The number of hydrogen-bond acceptors (Lipinski definition) is 2. The van der Waals surface area contributed by atoms with Crippen molar-refractivity contribution < 1.29 is 9.84 Å². The highest BCUT2D eigenvalue weighted by molar-refractivity contribution is 5.25. The van der Waals surface area contributed by atoms with Gasteiger partial charge in [-0.05, 0) is 49.1 Å². The Morgan fingerprint density at radius 3 is 2.42 bits per heavy atom. The van der Waals surface area contributed by atoms with Crippen molar-refractivity contribution in [2.24, 2.45) is 11.8 Å². The van der Waals surface area contributed by atoms with Crippen LogP contribution in [0.25, 0.3) is 0 Å². The van der Waals surface area contributed by atoms with Gasteiger partial charge in [0, 0.05) is 19.8 Å². The molecule has 108 valence electrons. The molecule has 0 heterocycles. The second kappa shape index (κ2) is 9.11. The summed E-state index contributed by atoms with van der Waals surface area (Å²) in [6.45, 7) is 8.37. The molecular formula is C17H28O2. The molecule has 1 aromatic rings. The summed E-state index contributed by atoms with van der Waals surface area (Å²) >= 11 is 0. The number of ether oxygens (including phenoxy) is 1. The monoisotopic (exact) mass is 264 g/mol. The summed E-state index contributed by atoms with van der Waals surface area (Å²) in [5.41, 5.74) is 2.64. The molecule has 1 aromatic carbocycles. The number of aryl methyl sites for hydroxylation is 1. The quantitative estimate of drug-likeness (QED) is 0.691. The SMILES string of the molecule is Cc1ccccc1CC(CO)CCOCCC(C)C. The van der Waals surface area contributed by atoms with E-state index in [2.05, 4.69) is 45.0 Å². The van der Waals surface area contributed by atoms with Crippen molar-refractivity contribution in [2.45, 2.75) is 40.0 Å². The average molecular weight is 264 g/mol. The van der Waals surface area contributed by atoms with Crippen molar-refractivity contribution in [3.05, 3.63) is 35.4 Å². The lowest BCUT2D eigenvalue weighted by molar-refractivity contribution is 0.0984. The zero-order valence-corrected chi connectivity index (χ0v) is 12.6. The molecule has 0 radical (unpaired) electrons. The van der Waals surface area contributed by atoms with Gasteiger partial charge in [-0.1, -0.05) is 38.1 Å². The van der Waals surface area contributed by atoms with Crippen LogP contribution in [-0.4, -0.2) is 24.9 Å². The van der Waals surface area contributed by atoms with Crippen LogP contribution in [0.1, 0.15) is 37.8 Å². The van der Waals surface area contributed by atoms with Gasteiger partial charge in [-0.15, -0.1) is 0 Å². The van der Waals surface area contributed by atoms with Crippen LogP contribution in [0.2, 0.25) is 0 Å². The summed E-state index contributed by atoms with van der Waals surface area (Å²) < 4.78 is 5.63. The lowest BCUT2D eigenvalue weighted by Crippen LogP contribution is -2.14. The van der Waals surface area contributed by atoms with Gasteiger partial charge in [0.05, 0.1) is 0 Å². The van der Waals surface area contributed by atoms with Gasteiger partial charge in [0.1, 0.15) is 0 Å². The van der Waals surface area contributed by atoms with Gasteiger partial charge >= 0.3 is 0 Å². The zero-order valence-electron chi connectivity index (χ0n) is 12.6. The number of aliphatic hydroxyl groups excluding tert-OH is 1. The van der Waals surface area contributed by atoms with Gasteiger partial charge in [0.25, 0.3) is 0 Å². The third-order valence-electron chi connectivity index (χ3n) is 3.54. The van der Waals surface area contributed by atoms with E-state index in [1.54, 1.807) is 0 Å². The summed E-state index contributed by atoms with van der Waals surface area (Å²) in [7, 11) is 0. The Morgan fingerprint density at radius 1 is 1.11 bits per heavy atom. The molecule has 0 aromatic heterocycles. The fourth-order valence-electron chi connectivity index (χ4n) is 2.08. The van der Waals surface area contributed by atoms with E-state index in [9.17, 15) is 5.11 Å². The molecular weight excluding hydrogens is 236 g/mol. The topological polar surface area (TPSA) is 29.5 Å². The summed E-state index contributed by atoms with van der Waals surface area (Å²) in [5.74, 6) is 1.00. The summed E-state index contributed by atoms with van der Waals surface area (Å²) in [6, 6.07) is 8.40. The molecule has 2 nitrogen and oxygen atoms in total. The first-order valence-electron chi connectivity index (χ1n) is 7.36. The third-order valence-corrected chi connectivity index (χ3v) is 3.54. The Hall–Kier alpha value is -0.860. The van der Waals surface area contributed by atoms with Crippen LogP contribution >= 0.6 is 0 Å². The Balaban J connectivity index is 2.28. The molecule has 1 unspecified atom stereocenters. The minimum atomic E-state index is 0.238. The summed E-state index contributed by atoms with van der Waals surface area (Å²) in [4.78, 5) is 0. The molecule has 1 rings (SSSR count). The maximum absolute atomic E-state index is 9.47. The number of aliphatic hydroxyl groups is 1. The van der Waals surface area contributed by atoms with Gasteiger partial charge in [-0.3, -0.25) is 0 Å². The van der Waals surface area contributed by atoms with Crippen LogP contribution in [-0.2, 0) is 11.2 Å². The van der Waals surface area contributed by atoms with Gasteiger partial charge in [0.15, 0.2) is 0 Å². The van der Waals surface area contributed by atoms with E-state index in [1.807, 2.05) is 0 Å². The molecule has 0 spiro atoms. The molecule has 1 N–H and O–H groups in total. The van der Waals surface area contributed by atoms with E-state index in [4.69, 9.17) is 4.74 Å². The van der Waals surface area contributed by atoms with E-state index >= 15 is 0 Å². The Labute approximate surface area is 117 Å². The summed E-state index contributed by atoms with van der Waals surface area (Å²) in [6.07, 6.45) is 2.99. The van der Waals surface area contributed by atoms with E-state index < -0.39 is 0 Å².